The summed E-state index contributed by atoms with van der Waals surface area (Å²) in [6, 6.07) is 6.33. The van der Waals surface area contributed by atoms with Crippen LogP contribution in [0.3, 0.4) is 0 Å². The summed E-state index contributed by atoms with van der Waals surface area (Å²) >= 11 is 6.07. The van der Waals surface area contributed by atoms with Crippen molar-refractivity contribution in [3.8, 4) is 0 Å². The molecule has 0 nitrogen and oxygen atoms in total. The van der Waals surface area contributed by atoms with Crippen LogP contribution in [0.15, 0.2) is 24.3 Å². The number of hydrogen-bond donors (Lipinski definition) is 0. The molecule has 0 aliphatic carbocycles. The summed E-state index contributed by atoms with van der Waals surface area (Å²) in [5, 5.41) is -0.0226. The van der Waals surface area contributed by atoms with E-state index in [1.165, 1.54) is 12.1 Å². The number of hydrogen-bond acceptors (Lipinski definition) is 0. The molecule has 0 heterocycles. The van der Waals surface area contributed by atoms with Gasteiger partial charge in [0.15, 0.2) is 0 Å². The highest BCUT2D eigenvalue weighted by Gasteiger charge is 2.11. The molecule has 0 aromatic heterocycles. The molecule has 0 aliphatic heterocycles. The first-order valence-electron chi connectivity index (χ1n) is 4.01. The molecule has 1 unspecified atom stereocenters. The normalized spacial score (nSPS) is 13.4. The van der Waals surface area contributed by atoms with Gasteiger partial charge in [0.05, 0.1) is 5.38 Å². The Morgan fingerprint density at radius 3 is 2.08 bits per heavy atom. The average Bonchev–Trinajstić information content (AvgIpc) is 2.04. The Morgan fingerprint density at radius 2 is 1.67 bits per heavy atom. The third-order valence-electron chi connectivity index (χ3n) is 1.77. The van der Waals surface area contributed by atoms with Gasteiger partial charge in [-0.15, -0.1) is 11.6 Å². The fourth-order valence-corrected chi connectivity index (χ4v) is 1.18. The summed E-state index contributed by atoms with van der Waals surface area (Å²) in [5.74, 6) is 0.156. The summed E-state index contributed by atoms with van der Waals surface area (Å²) in [6.45, 7) is 4.09. The van der Waals surface area contributed by atoms with Crippen molar-refractivity contribution in [2.24, 2.45) is 5.92 Å². The molecule has 0 saturated heterocycles. The van der Waals surface area contributed by atoms with Crippen LogP contribution in [-0.4, -0.2) is 0 Å². The highest BCUT2D eigenvalue weighted by molar-refractivity contribution is 6.20. The van der Waals surface area contributed by atoms with Crippen molar-refractivity contribution in [2.45, 2.75) is 19.2 Å². The minimum atomic E-state index is -0.216. The van der Waals surface area contributed by atoms with Gasteiger partial charge in [-0.1, -0.05) is 26.0 Å². The predicted octanol–water partition coefficient (Wildman–Crippen LogP) is 3.76. The van der Waals surface area contributed by atoms with E-state index in [0.29, 0.717) is 5.92 Å². The maximum absolute atomic E-state index is 12.5. The lowest BCUT2D eigenvalue weighted by molar-refractivity contribution is 0.611. The van der Waals surface area contributed by atoms with Crippen LogP contribution in [0.4, 0.5) is 4.39 Å². The quantitative estimate of drug-likeness (QED) is 0.617. The summed E-state index contributed by atoms with van der Waals surface area (Å²) in [4.78, 5) is 0. The number of alkyl halides is 1. The molecule has 0 aliphatic rings. The van der Waals surface area contributed by atoms with Gasteiger partial charge in [-0.2, -0.15) is 0 Å². The van der Waals surface area contributed by atoms with Crippen molar-refractivity contribution < 1.29 is 4.39 Å². The fraction of sp³-hybridized carbons (Fsp3) is 0.400. The van der Waals surface area contributed by atoms with E-state index in [1.54, 1.807) is 12.1 Å². The monoisotopic (exact) mass is 186 g/mol. The van der Waals surface area contributed by atoms with Crippen LogP contribution in [0, 0.1) is 11.7 Å². The largest absolute Gasteiger partial charge is 0.207 e. The lowest BCUT2D eigenvalue weighted by Gasteiger charge is -2.12. The van der Waals surface area contributed by atoms with Crippen LogP contribution in [0.1, 0.15) is 24.8 Å². The first kappa shape index (κ1) is 9.53. The summed E-state index contributed by atoms with van der Waals surface area (Å²) in [6.07, 6.45) is 0. The topological polar surface area (TPSA) is 0 Å². The zero-order chi connectivity index (χ0) is 9.14. The summed E-state index contributed by atoms with van der Waals surface area (Å²) in [5.41, 5.74) is 0.980. The number of rotatable bonds is 2. The van der Waals surface area contributed by atoms with Crippen molar-refractivity contribution >= 4 is 11.6 Å². The second-order valence-corrected chi connectivity index (χ2v) is 3.67. The molecule has 0 N–H and O–H groups in total. The van der Waals surface area contributed by atoms with Crippen LogP contribution in [0.5, 0.6) is 0 Å². The van der Waals surface area contributed by atoms with E-state index in [9.17, 15) is 4.39 Å². The Hall–Kier alpha value is -0.560. The number of halogens is 2. The predicted molar refractivity (Wildman–Crippen MR) is 49.8 cm³/mol. The summed E-state index contributed by atoms with van der Waals surface area (Å²) < 4.78 is 12.5. The van der Waals surface area contributed by atoms with Crippen LogP contribution in [0.2, 0.25) is 0 Å². The molecule has 1 atom stereocenters. The van der Waals surface area contributed by atoms with Gasteiger partial charge in [0.25, 0.3) is 0 Å². The average molecular weight is 187 g/mol. The van der Waals surface area contributed by atoms with Crippen LogP contribution >= 0.6 is 11.6 Å². The second kappa shape index (κ2) is 3.90. The highest BCUT2D eigenvalue weighted by atomic mass is 35.5. The van der Waals surface area contributed by atoms with E-state index in [2.05, 4.69) is 0 Å². The van der Waals surface area contributed by atoms with Gasteiger partial charge in [0.1, 0.15) is 5.82 Å². The Kier molecular flexibility index (Phi) is 3.10. The first-order chi connectivity index (χ1) is 5.61. The van der Waals surface area contributed by atoms with E-state index < -0.39 is 0 Å². The molecule has 12 heavy (non-hydrogen) atoms. The van der Waals surface area contributed by atoms with Crippen LogP contribution < -0.4 is 0 Å². The highest BCUT2D eigenvalue weighted by Crippen LogP contribution is 2.28. The lowest BCUT2D eigenvalue weighted by atomic mass is 10.0. The SMILES string of the molecule is CC(C)C(Cl)c1ccc(F)cc1. The van der Waals surface area contributed by atoms with E-state index >= 15 is 0 Å². The van der Waals surface area contributed by atoms with Crippen LogP contribution in [-0.2, 0) is 0 Å². The summed E-state index contributed by atoms with van der Waals surface area (Å²) in [7, 11) is 0. The van der Waals surface area contributed by atoms with E-state index in [1.807, 2.05) is 13.8 Å². The third kappa shape index (κ3) is 2.21. The minimum Gasteiger partial charge on any atom is -0.207 e. The molecule has 66 valence electrons. The van der Waals surface area contributed by atoms with Gasteiger partial charge in [0.2, 0.25) is 0 Å². The molecule has 1 aromatic rings. The molecule has 0 radical (unpaired) electrons. The third-order valence-corrected chi connectivity index (χ3v) is 2.53. The molecule has 2 heteroatoms. The molecular formula is C10H12ClF. The van der Waals surface area contributed by atoms with Gasteiger partial charge in [0, 0.05) is 0 Å². The standard InChI is InChI=1S/C10H12ClF/c1-7(2)10(11)8-3-5-9(12)6-4-8/h3-7,10H,1-2H3. The van der Waals surface area contributed by atoms with E-state index in [0.717, 1.165) is 5.56 Å². The second-order valence-electron chi connectivity index (χ2n) is 3.20. The fourth-order valence-electron chi connectivity index (χ4n) is 1.03. The molecule has 1 aromatic carbocycles. The van der Waals surface area contributed by atoms with Gasteiger partial charge < -0.3 is 0 Å². The van der Waals surface area contributed by atoms with E-state index in [-0.39, 0.29) is 11.2 Å². The Morgan fingerprint density at radius 1 is 1.17 bits per heavy atom. The van der Waals surface area contributed by atoms with Gasteiger partial charge in [-0.25, -0.2) is 4.39 Å². The zero-order valence-electron chi connectivity index (χ0n) is 7.22. The molecule has 0 amide bonds. The van der Waals surface area contributed by atoms with E-state index in [4.69, 9.17) is 11.6 Å². The van der Waals surface area contributed by atoms with Crippen molar-refractivity contribution in [3.05, 3.63) is 35.6 Å². The lowest BCUT2D eigenvalue weighted by Crippen LogP contribution is -1.98. The van der Waals surface area contributed by atoms with Crippen LogP contribution in [0.25, 0.3) is 0 Å². The molecule has 0 saturated carbocycles. The van der Waals surface area contributed by atoms with Crippen molar-refractivity contribution in [1.82, 2.24) is 0 Å². The molecular weight excluding hydrogens is 175 g/mol. The maximum Gasteiger partial charge on any atom is 0.123 e. The molecule has 1 rings (SSSR count). The Labute approximate surface area is 77.4 Å². The van der Waals surface area contributed by atoms with Gasteiger partial charge in [-0.05, 0) is 23.6 Å². The number of benzene rings is 1. The van der Waals surface area contributed by atoms with Gasteiger partial charge in [-0.3, -0.25) is 0 Å². The molecule has 0 bridgehead atoms. The van der Waals surface area contributed by atoms with Crippen molar-refractivity contribution in [2.75, 3.05) is 0 Å². The smallest absolute Gasteiger partial charge is 0.123 e. The Balaban J connectivity index is 2.82. The Bertz CT molecular complexity index is 241. The van der Waals surface area contributed by atoms with Crippen molar-refractivity contribution in [1.29, 1.82) is 0 Å². The van der Waals surface area contributed by atoms with Crippen molar-refractivity contribution in [3.63, 3.8) is 0 Å². The zero-order valence-corrected chi connectivity index (χ0v) is 7.98. The minimum absolute atomic E-state index is 0.0226. The molecule has 0 spiro atoms. The van der Waals surface area contributed by atoms with Gasteiger partial charge >= 0.3 is 0 Å². The first-order valence-corrected chi connectivity index (χ1v) is 4.44. The molecule has 0 fully saturated rings. The maximum atomic E-state index is 12.5.